The normalized spacial score (nSPS) is 10.9. The number of pyridine rings is 1. The predicted octanol–water partition coefficient (Wildman–Crippen LogP) is 3.94. The molecule has 1 aromatic carbocycles. The Morgan fingerprint density at radius 1 is 1.25 bits per heavy atom. The summed E-state index contributed by atoms with van der Waals surface area (Å²) < 4.78 is 1.29. The number of aromatic nitrogens is 3. The summed E-state index contributed by atoms with van der Waals surface area (Å²) in [6.07, 6.45) is 2.36. The number of nitrogens with zero attached hydrogens (tertiary/aromatic N) is 4. The third kappa shape index (κ3) is 4.12. The number of aryl methyl sites for hydroxylation is 2. The molecule has 0 aliphatic heterocycles. The smallest absolute Gasteiger partial charge is 0.271 e. The lowest BCUT2D eigenvalue weighted by Crippen LogP contribution is -2.30. The van der Waals surface area contributed by atoms with Gasteiger partial charge in [-0.1, -0.05) is 19.1 Å². The van der Waals surface area contributed by atoms with Crippen LogP contribution in [-0.4, -0.2) is 25.4 Å². The summed E-state index contributed by atoms with van der Waals surface area (Å²) in [5.41, 5.74) is 0.982. The average Bonchev–Trinajstić information content (AvgIpc) is 3.21. The molecule has 162 valence electrons. The van der Waals surface area contributed by atoms with Gasteiger partial charge >= 0.3 is 0 Å². The minimum absolute atomic E-state index is 0.134. The fraction of sp³-hybridized carbons (Fsp3) is 0.182. The number of benzene rings is 1. The van der Waals surface area contributed by atoms with Gasteiger partial charge in [-0.05, 0) is 37.1 Å². The van der Waals surface area contributed by atoms with Crippen LogP contribution in [0.5, 0.6) is 0 Å². The van der Waals surface area contributed by atoms with Crippen LogP contribution in [0.3, 0.4) is 0 Å². The lowest BCUT2D eigenvalue weighted by atomic mass is 10.2. The average molecular weight is 449 g/mol. The van der Waals surface area contributed by atoms with E-state index >= 15 is 0 Å². The number of nitrogens with one attached hydrogen (secondary N) is 1. The van der Waals surface area contributed by atoms with E-state index in [1.807, 2.05) is 6.92 Å². The Bertz CT molecular complexity index is 1390. The number of nitro benzene ring substituents is 1. The molecule has 0 aliphatic rings. The number of hydrogen-bond donors (Lipinski definition) is 1. The molecule has 0 radical (unpaired) electrons. The third-order valence-corrected chi connectivity index (χ3v) is 6.13. The van der Waals surface area contributed by atoms with Gasteiger partial charge in [0.05, 0.1) is 16.0 Å². The number of amides is 1. The van der Waals surface area contributed by atoms with Gasteiger partial charge in [0.25, 0.3) is 11.2 Å². The summed E-state index contributed by atoms with van der Waals surface area (Å²) in [5, 5.41) is 14.2. The van der Waals surface area contributed by atoms with Crippen LogP contribution in [-0.2, 0) is 17.8 Å². The molecule has 0 saturated carbocycles. The van der Waals surface area contributed by atoms with Gasteiger partial charge in [-0.25, -0.2) is 4.98 Å². The second-order valence-corrected chi connectivity index (χ2v) is 8.25. The SMILES string of the molecule is CCc1cc2c(=O)n(CC(=O)Nc3cc([N+](=O)[O-])ccc3C)c(-c3ccccn3)nc2s1. The van der Waals surface area contributed by atoms with Crippen LogP contribution in [0.2, 0.25) is 0 Å². The first kappa shape index (κ1) is 21.3. The van der Waals surface area contributed by atoms with Crippen LogP contribution in [0.4, 0.5) is 11.4 Å². The summed E-state index contributed by atoms with van der Waals surface area (Å²) in [5.74, 6) is -0.210. The number of nitro groups is 1. The zero-order valence-electron chi connectivity index (χ0n) is 17.4. The Kier molecular flexibility index (Phi) is 5.78. The minimum atomic E-state index is -0.529. The molecular formula is C22H19N5O4S. The minimum Gasteiger partial charge on any atom is -0.324 e. The summed E-state index contributed by atoms with van der Waals surface area (Å²) >= 11 is 1.44. The van der Waals surface area contributed by atoms with Gasteiger partial charge < -0.3 is 5.32 Å². The zero-order chi connectivity index (χ0) is 22.8. The topological polar surface area (TPSA) is 120 Å². The Morgan fingerprint density at radius 2 is 2.06 bits per heavy atom. The molecule has 0 aliphatic carbocycles. The number of fused-ring (bicyclic) bond motifs is 1. The molecule has 0 atom stereocenters. The van der Waals surface area contributed by atoms with E-state index in [1.165, 1.54) is 28.0 Å². The highest BCUT2D eigenvalue weighted by molar-refractivity contribution is 7.18. The third-order valence-electron chi connectivity index (χ3n) is 4.95. The van der Waals surface area contributed by atoms with Crippen molar-refractivity contribution in [2.24, 2.45) is 0 Å². The number of rotatable bonds is 6. The molecule has 4 rings (SSSR count). The van der Waals surface area contributed by atoms with Crippen molar-refractivity contribution in [1.29, 1.82) is 0 Å². The van der Waals surface area contributed by atoms with Gasteiger partial charge in [0.15, 0.2) is 5.82 Å². The fourth-order valence-corrected chi connectivity index (χ4v) is 4.23. The van der Waals surface area contributed by atoms with E-state index in [-0.39, 0.29) is 17.8 Å². The second-order valence-electron chi connectivity index (χ2n) is 7.13. The van der Waals surface area contributed by atoms with Crippen molar-refractivity contribution in [3.05, 3.63) is 79.6 Å². The van der Waals surface area contributed by atoms with E-state index < -0.39 is 10.8 Å². The molecule has 1 amide bonds. The van der Waals surface area contributed by atoms with Gasteiger partial charge in [0.1, 0.15) is 17.1 Å². The monoisotopic (exact) mass is 449 g/mol. The van der Waals surface area contributed by atoms with Crippen LogP contribution < -0.4 is 10.9 Å². The Hall–Kier alpha value is -3.92. The fourth-order valence-electron chi connectivity index (χ4n) is 3.27. The summed E-state index contributed by atoms with van der Waals surface area (Å²) in [6.45, 7) is 3.42. The van der Waals surface area contributed by atoms with Crippen LogP contribution in [0, 0.1) is 17.0 Å². The molecule has 0 saturated heterocycles. The van der Waals surface area contributed by atoms with Gasteiger partial charge in [-0.2, -0.15) is 0 Å². The van der Waals surface area contributed by atoms with Crippen LogP contribution in [0.1, 0.15) is 17.4 Å². The van der Waals surface area contributed by atoms with Gasteiger partial charge in [-0.15, -0.1) is 11.3 Å². The number of carbonyl (C=O) groups is 1. The summed E-state index contributed by atoms with van der Waals surface area (Å²) in [4.78, 5) is 47.2. The molecule has 0 fully saturated rings. The number of anilines is 1. The maximum absolute atomic E-state index is 13.3. The molecule has 0 spiro atoms. The standard InChI is InChI=1S/C22H19N5O4S/c1-3-15-11-16-21(32-15)25-20(17-6-4-5-9-23-17)26(22(16)29)12-19(28)24-18-10-14(27(30)31)8-7-13(18)2/h4-11H,3,12H2,1-2H3,(H,24,28). The summed E-state index contributed by atoms with van der Waals surface area (Å²) in [6, 6.07) is 11.3. The Morgan fingerprint density at radius 3 is 2.75 bits per heavy atom. The predicted molar refractivity (Wildman–Crippen MR) is 123 cm³/mol. The molecule has 3 aromatic heterocycles. The van der Waals surface area contributed by atoms with E-state index in [0.29, 0.717) is 33.0 Å². The van der Waals surface area contributed by atoms with Gasteiger partial charge in [-0.3, -0.25) is 29.3 Å². The van der Waals surface area contributed by atoms with E-state index in [1.54, 1.807) is 43.5 Å². The first-order valence-corrected chi connectivity index (χ1v) is 10.7. The highest BCUT2D eigenvalue weighted by atomic mass is 32.1. The number of thiophene rings is 1. The van der Waals surface area contributed by atoms with Crippen molar-refractivity contribution < 1.29 is 9.72 Å². The largest absolute Gasteiger partial charge is 0.324 e. The van der Waals surface area contributed by atoms with Crippen LogP contribution >= 0.6 is 11.3 Å². The van der Waals surface area contributed by atoms with Crippen LogP contribution in [0.25, 0.3) is 21.7 Å². The van der Waals surface area contributed by atoms with E-state index in [9.17, 15) is 19.7 Å². The lowest BCUT2D eigenvalue weighted by molar-refractivity contribution is -0.384. The number of non-ortho nitro benzene ring substituents is 1. The quantitative estimate of drug-likeness (QED) is 0.352. The van der Waals surface area contributed by atoms with E-state index in [2.05, 4.69) is 15.3 Å². The molecule has 1 N–H and O–H groups in total. The van der Waals surface area contributed by atoms with E-state index in [4.69, 9.17) is 0 Å². The zero-order valence-corrected chi connectivity index (χ0v) is 18.2. The first-order valence-electron chi connectivity index (χ1n) is 9.87. The molecule has 32 heavy (non-hydrogen) atoms. The maximum atomic E-state index is 13.3. The molecular weight excluding hydrogens is 430 g/mol. The Labute approximate surface area is 186 Å². The van der Waals surface area contributed by atoms with Crippen molar-refractivity contribution in [3.63, 3.8) is 0 Å². The van der Waals surface area contributed by atoms with Crippen molar-refractivity contribution in [2.75, 3.05) is 5.32 Å². The molecule has 3 heterocycles. The highest BCUT2D eigenvalue weighted by Gasteiger charge is 2.19. The van der Waals surface area contributed by atoms with Crippen molar-refractivity contribution in [2.45, 2.75) is 26.8 Å². The molecule has 4 aromatic rings. The van der Waals surface area contributed by atoms with Crippen molar-refractivity contribution in [1.82, 2.24) is 14.5 Å². The first-order chi connectivity index (χ1) is 15.4. The van der Waals surface area contributed by atoms with Gasteiger partial charge in [0.2, 0.25) is 5.91 Å². The molecule has 10 heteroatoms. The van der Waals surface area contributed by atoms with Crippen molar-refractivity contribution >= 4 is 38.8 Å². The van der Waals surface area contributed by atoms with Crippen molar-refractivity contribution in [3.8, 4) is 11.5 Å². The van der Waals surface area contributed by atoms with E-state index in [0.717, 1.165) is 11.3 Å². The number of hydrogen-bond acceptors (Lipinski definition) is 7. The van der Waals surface area contributed by atoms with Crippen LogP contribution in [0.15, 0.2) is 53.5 Å². The van der Waals surface area contributed by atoms with Gasteiger partial charge in [0, 0.05) is 23.2 Å². The highest BCUT2D eigenvalue weighted by Crippen LogP contribution is 2.25. The molecule has 9 nitrogen and oxygen atoms in total. The summed E-state index contributed by atoms with van der Waals surface area (Å²) in [7, 11) is 0. The lowest BCUT2D eigenvalue weighted by Gasteiger charge is -2.13. The molecule has 0 bridgehead atoms. The Balaban J connectivity index is 1.76. The molecule has 0 unspecified atom stereocenters. The second kappa shape index (κ2) is 8.67. The maximum Gasteiger partial charge on any atom is 0.271 e. The number of carbonyl (C=O) groups excluding carboxylic acids is 1.